The molecular formula is C61H79N13O6S. The minimum atomic E-state index is -0.568. The average molecular weight is 1120 g/mol. The molecule has 6 aliphatic rings. The SMILES string of the molecule is Cc1ncsc1-c1ccc([C@H](C)NC(=O)[C@@H]2C[C@@H](O)CN2C[C@@H](c2cc(N3CCN(CCN4CCC(O[C@H]5C[C@H](Oc6cc(N7C8CCC7CN(c7cc(-c9ccccc9O)nnc7N)C8)ccn6)C5)CC4)CC3)no2)C(C)C)cc1. The van der Waals surface area contributed by atoms with Crippen LogP contribution in [-0.2, 0) is 9.53 Å². The molecule has 2 bridgehead atoms. The Labute approximate surface area is 479 Å². The smallest absolute Gasteiger partial charge is 0.237 e. The number of nitrogens with zero attached hydrogens (tertiary/aromatic N) is 11. The zero-order valence-electron chi connectivity index (χ0n) is 47.2. The number of para-hydroxylation sites is 1. The highest BCUT2D eigenvalue weighted by Crippen LogP contribution is 2.41. The first-order valence-corrected chi connectivity index (χ1v) is 30.4. The molecule has 5 saturated heterocycles. The standard InChI is InChI=1S/C61H79N13O6S/c1-38(2)51(36-73-35-46(75)28-54(73)61(77)65-39(3)41-9-11-42(12-10-41)59-40(4)64-37-81-59)56-32-57(68-80-56)71-25-23-70(24-26-71)22-21-69-19-16-47(17-20-69)78-48-29-49(30-48)79-58-27-43(15-18-63-58)74-44-13-14-45(74)34-72(33-44)53-31-52(66-67-60(53)62)50-7-5-6-8-55(50)76/h5-12,15,18,27,31-32,37-39,44-49,51,54,75-76H,13-14,16-17,19-26,28-30,33-36H2,1-4H3,(H2,62,67)(H,65,77)/t39-,44?,45?,46+,48-,49-,51+,54-/m0/s1. The third kappa shape index (κ3) is 12.4. The van der Waals surface area contributed by atoms with Crippen LogP contribution in [0.25, 0.3) is 21.7 Å². The number of nitrogen functional groups attached to an aromatic ring is 1. The Hall–Kier alpha value is -6.42. The van der Waals surface area contributed by atoms with Gasteiger partial charge in [-0.1, -0.05) is 55.4 Å². The molecule has 6 atom stereocenters. The topological polar surface area (TPSA) is 211 Å². The number of amides is 1. The molecule has 0 spiro atoms. The molecule has 1 amide bonds. The molecule has 2 aromatic carbocycles. The number of ether oxygens (including phenoxy) is 2. The number of fused-ring (bicyclic) bond motifs is 2. The summed E-state index contributed by atoms with van der Waals surface area (Å²) in [5.41, 5.74) is 14.7. The summed E-state index contributed by atoms with van der Waals surface area (Å²) in [5, 5.41) is 37.7. The number of thiazole rings is 1. The highest BCUT2D eigenvalue weighted by Gasteiger charge is 2.43. The van der Waals surface area contributed by atoms with Gasteiger partial charge in [-0.3, -0.25) is 14.6 Å². The molecule has 0 radical (unpaired) electrons. The fourth-order valence-electron chi connectivity index (χ4n) is 13.3. The minimum absolute atomic E-state index is 0.0125. The first-order valence-electron chi connectivity index (χ1n) is 29.5. The number of aromatic hydroxyl groups is 1. The van der Waals surface area contributed by atoms with Crippen molar-refractivity contribution in [1.82, 2.24) is 45.3 Å². The third-order valence-electron chi connectivity index (χ3n) is 18.1. The van der Waals surface area contributed by atoms with Gasteiger partial charge in [-0.25, -0.2) is 9.97 Å². The number of aliphatic hydroxyl groups is 1. The van der Waals surface area contributed by atoms with E-state index < -0.39 is 12.1 Å². The molecule has 430 valence electrons. The lowest BCUT2D eigenvalue weighted by molar-refractivity contribution is -0.126. The van der Waals surface area contributed by atoms with E-state index in [0.29, 0.717) is 54.5 Å². The summed E-state index contributed by atoms with van der Waals surface area (Å²) in [4.78, 5) is 38.5. The highest BCUT2D eigenvalue weighted by molar-refractivity contribution is 7.13. The van der Waals surface area contributed by atoms with E-state index in [1.54, 1.807) is 23.5 Å². The van der Waals surface area contributed by atoms with Gasteiger partial charge in [0.1, 0.15) is 17.6 Å². The zero-order valence-corrected chi connectivity index (χ0v) is 48.0. The molecule has 6 aromatic rings. The number of aliphatic hydroxyl groups excluding tert-OH is 1. The fourth-order valence-corrected chi connectivity index (χ4v) is 14.1. The number of rotatable bonds is 19. The predicted molar refractivity (Wildman–Crippen MR) is 315 cm³/mol. The number of anilines is 4. The lowest BCUT2D eigenvalue weighted by atomic mass is 9.91. The van der Waals surface area contributed by atoms with E-state index in [1.165, 1.54) is 0 Å². The largest absolute Gasteiger partial charge is 0.507 e. The number of aromatic nitrogens is 5. The van der Waals surface area contributed by atoms with Gasteiger partial charge in [0.25, 0.3) is 0 Å². The number of carbonyl (C=O) groups is 1. The number of β-amino-alcohol motifs (C(OH)–C–C–N with tert-alkyl or cyclic N) is 1. The van der Waals surface area contributed by atoms with Gasteiger partial charge in [-0.15, -0.1) is 21.5 Å². The van der Waals surface area contributed by atoms with Crippen molar-refractivity contribution in [2.45, 2.75) is 127 Å². The van der Waals surface area contributed by atoms with Crippen molar-refractivity contribution < 1.29 is 29.0 Å². The van der Waals surface area contributed by atoms with E-state index in [0.717, 1.165) is 149 Å². The number of carbonyl (C=O) groups excluding carboxylic acids is 1. The maximum atomic E-state index is 13.8. The van der Waals surface area contributed by atoms with E-state index in [2.05, 4.69) is 116 Å². The molecule has 9 heterocycles. The summed E-state index contributed by atoms with van der Waals surface area (Å²) in [7, 11) is 0. The second-order valence-corrected chi connectivity index (χ2v) is 24.7. The second kappa shape index (κ2) is 24.2. The predicted octanol–water partition coefficient (Wildman–Crippen LogP) is 7.37. The number of pyridine rings is 1. The summed E-state index contributed by atoms with van der Waals surface area (Å²) in [6.45, 7) is 19.0. The quantitative estimate of drug-likeness (QED) is 0.0624. The van der Waals surface area contributed by atoms with Gasteiger partial charge in [-0.05, 0) is 87.3 Å². The lowest BCUT2D eigenvalue weighted by Crippen LogP contribution is -2.54. The number of aryl methyl sites for hydroxylation is 1. The van der Waals surface area contributed by atoms with Gasteiger partial charge in [0.15, 0.2) is 11.6 Å². The normalized spacial score (nSPS) is 24.6. The highest BCUT2D eigenvalue weighted by atomic mass is 32.1. The van der Waals surface area contributed by atoms with Crippen LogP contribution in [0.5, 0.6) is 11.6 Å². The van der Waals surface area contributed by atoms with Crippen molar-refractivity contribution in [2.75, 3.05) is 99.0 Å². The number of benzene rings is 2. The zero-order chi connectivity index (χ0) is 55.7. The Kier molecular flexibility index (Phi) is 16.5. The van der Waals surface area contributed by atoms with E-state index in [9.17, 15) is 15.0 Å². The Morgan fingerprint density at radius 3 is 2.28 bits per heavy atom. The van der Waals surface area contributed by atoms with Crippen molar-refractivity contribution >= 4 is 40.3 Å². The maximum absolute atomic E-state index is 13.8. The maximum Gasteiger partial charge on any atom is 0.237 e. The van der Waals surface area contributed by atoms with Crippen molar-refractivity contribution in [2.24, 2.45) is 5.92 Å². The molecule has 2 unspecified atom stereocenters. The van der Waals surface area contributed by atoms with Crippen LogP contribution >= 0.6 is 11.3 Å². The summed E-state index contributed by atoms with van der Waals surface area (Å²) in [6.07, 6.45) is 8.37. The van der Waals surface area contributed by atoms with Crippen LogP contribution in [0.1, 0.15) is 94.7 Å². The first-order chi connectivity index (χ1) is 39.3. The van der Waals surface area contributed by atoms with Gasteiger partial charge in [0, 0.05) is 139 Å². The monoisotopic (exact) mass is 1120 g/mol. The Morgan fingerprint density at radius 2 is 1.57 bits per heavy atom. The van der Waals surface area contributed by atoms with E-state index >= 15 is 0 Å². The summed E-state index contributed by atoms with van der Waals surface area (Å²) < 4.78 is 19.2. The molecule has 12 rings (SSSR count). The van der Waals surface area contributed by atoms with E-state index in [1.807, 2.05) is 43.8 Å². The number of hydrogen-bond donors (Lipinski definition) is 4. The Morgan fingerprint density at radius 1 is 0.827 bits per heavy atom. The number of likely N-dealkylation sites (tertiary alicyclic amines) is 2. The number of nitrogens with one attached hydrogen (secondary N) is 1. The van der Waals surface area contributed by atoms with Crippen LogP contribution in [0.4, 0.5) is 23.0 Å². The molecule has 1 saturated carbocycles. The van der Waals surface area contributed by atoms with Crippen LogP contribution in [0.3, 0.4) is 0 Å². The first kappa shape index (κ1) is 55.1. The fraction of sp³-hybridized carbons (Fsp3) is 0.541. The number of hydrogen-bond acceptors (Lipinski definition) is 19. The van der Waals surface area contributed by atoms with Crippen molar-refractivity contribution in [1.29, 1.82) is 0 Å². The van der Waals surface area contributed by atoms with Crippen LogP contribution < -0.4 is 30.5 Å². The summed E-state index contributed by atoms with van der Waals surface area (Å²) >= 11 is 1.63. The van der Waals surface area contributed by atoms with Gasteiger partial charge in [0.05, 0.1) is 57.9 Å². The summed E-state index contributed by atoms with van der Waals surface area (Å²) in [6, 6.07) is 23.8. The van der Waals surface area contributed by atoms with Crippen LogP contribution in [0.2, 0.25) is 0 Å². The molecule has 19 nitrogen and oxygen atoms in total. The van der Waals surface area contributed by atoms with Crippen LogP contribution in [-0.4, -0.2) is 177 Å². The average Bonchev–Trinajstić information content (AvgIpc) is 4.47. The van der Waals surface area contributed by atoms with Gasteiger partial charge >= 0.3 is 0 Å². The van der Waals surface area contributed by atoms with Gasteiger partial charge in [0.2, 0.25) is 11.8 Å². The van der Waals surface area contributed by atoms with Crippen LogP contribution in [0.15, 0.2) is 89.0 Å². The van der Waals surface area contributed by atoms with E-state index in [-0.39, 0.29) is 47.8 Å². The third-order valence-corrected chi connectivity index (χ3v) is 19.1. The molecule has 20 heteroatoms. The molecule has 5 aliphatic heterocycles. The van der Waals surface area contributed by atoms with Crippen molar-refractivity contribution in [3.63, 3.8) is 0 Å². The minimum Gasteiger partial charge on any atom is -0.507 e. The molecule has 1 aliphatic carbocycles. The molecular weight excluding hydrogens is 1040 g/mol. The lowest BCUT2D eigenvalue weighted by Gasteiger charge is -2.43. The van der Waals surface area contributed by atoms with Gasteiger partial charge < -0.3 is 54.9 Å². The number of phenolic OH excluding ortho intramolecular Hbond substituents is 1. The second-order valence-electron chi connectivity index (χ2n) is 23.8. The number of nitrogens with two attached hydrogens (primary N) is 1. The molecule has 81 heavy (non-hydrogen) atoms. The van der Waals surface area contributed by atoms with Crippen LogP contribution in [0, 0.1) is 12.8 Å². The number of piperazine rings is 2. The van der Waals surface area contributed by atoms with Gasteiger partial charge in [-0.2, -0.15) is 0 Å². The Bertz CT molecular complexity index is 3070. The van der Waals surface area contributed by atoms with E-state index in [4.69, 9.17) is 19.7 Å². The molecule has 5 N–H and O–H groups in total. The van der Waals surface area contributed by atoms with Crippen molar-refractivity contribution in [3.8, 4) is 33.3 Å². The van der Waals surface area contributed by atoms with Crippen molar-refractivity contribution in [3.05, 3.63) is 102 Å². The summed E-state index contributed by atoms with van der Waals surface area (Å²) in [5.74, 6) is 3.13. The molecule has 4 aromatic heterocycles. The number of piperidine rings is 1. The Balaban J connectivity index is 0.547. The number of phenols is 1. The molecule has 6 fully saturated rings.